The van der Waals surface area contributed by atoms with Crippen molar-refractivity contribution in [3.63, 3.8) is 0 Å². The molecule has 1 aromatic heterocycles. The molecule has 32 heavy (non-hydrogen) atoms. The molecular formula is C26H33N3O2S. The molecule has 5 nitrogen and oxygen atoms in total. The Morgan fingerprint density at radius 2 is 1.91 bits per heavy atom. The van der Waals surface area contributed by atoms with Gasteiger partial charge in [0.15, 0.2) is 5.16 Å². The number of carbonyl (C=O) groups excluding carboxylic acids is 1. The maximum atomic E-state index is 14.0. The number of amides is 1. The van der Waals surface area contributed by atoms with E-state index in [0.717, 1.165) is 54.5 Å². The quantitative estimate of drug-likeness (QED) is 0.344. The summed E-state index contributed by atoms with van der Waals surface area (Å²) in [6, 6.07) is 8.36. The minimum atomic E-state index is -0.120. The van der Waals surface area contributed by atoms with Crippen LogP contribution in [0.5, 0.6) is 0 Å². The number of allylic oxidation sites excluding steroid dienone is 1. The number of fused-ring (bicyclic) bond motifs is 4. The van der Waals surface area contributed by atoms with Crippen molar-refractivity contribution >= 4 is 17.7 Å². The highest BCUT2D eigenvalue weighted by atomic mass is 32.2. The average Bonchev–Trinajstić information content (AvgIpc) is 3.23. The van der Waals surface area contributed by atoms with E-state index < -0.39 is 0 Å². The first-order valence-electron chi connectivity index (χ1n) is 11.7. The number of nitrogens with zero attached hydrogens (tertiary/aromatic N) is 3. The van der Waals surface area contributed by atoms with E-state index in [-0.39, 0.29) is 22.6 Å². The number of rotatable bonds is 7. The van der Waals surface area contributed by atoms with Crippen LogP contribution in [-0.2, 0) is 23.2 Å². The van der Waals surface area contributed by atoms with Gasteiger partial charge in [0.1, 0.15) is 0 Å². The molecule has 0 atom stereocenters. The van der Waals surface area contributed by atoms with Crippen molar-refractivity contribution in [1.29, 1.82) is 0 Å². The van der Waals surface area contributed by atoms with Gasteiger partial charge in [-0.1, -0.05) is 61.0 Å². The summed E-state index contributed by atoms with van der Waals surface area (Å²) in [6.07, 6.45) is 5.27. The van der Waals surface area contributed by atoms with Crippen molar-refractivity contribution in [3.8, 4) is 11.3 Å². The molecule has 2 aromatic rings. The first-order chi connectivity index (χ1) is 15.4. The molecule has 4 rings (SSSR count). The van der Waals surface area contributed by atoms with Gasteiger partial charge < -0.3 is 4.90 Å². The van der Waals surface area contributed by atoms with Crippen LogP contribution in [0.2, 0.25) is 0 Å². The van der Waals surface area contributed by atoms with Gasteiger partial charge in [-0.3, -0.25) is 14.2 Å². The third-order valence-electron chi connectivity index (χ3n) is 6.90. The lowest BCUT2D eigenvalue weighted by atomic mass is 9.68. The third-order valence-corrected chi connectivity index (χ3v) is 7.86. The van der Waals surface area contributed by atoms with Gasteiger partial charge in [0, 0.05) is 30.6 Å². The minimum absolute atomic E-state index is 0.0483. The molecule has 1 amide bonds. The number of hydrogen-bond donors (Lipinski definition) is 0. The molecule has 0 unspecified atom stereocenters. The Balaban J connectivity index is 1.85. The summed E-state index contributed by atoms with van der Waals surface area (Å²) in [6.45, 7) is 11.7. The Hall–Kier alpha value is -2.34. The van der Waals surface area contributed by atoms with Crippen LogP contribution in [0.25, 0.3) is 11.3 Å². The Kier molecular flexibility index (Phi) is 6.61. The summed E-state index contributed by atoms with van der Waals surface area (Å²) in [5.41, 5.74) is 4.89. The van der Waals surface area contributed by atoms with Crippen LogP contribution in [0, 0.1) is 0 Å². The van der Waals surface area contributed by atoms with E-state index >= 15 is 0 Å². The Bertz CT molecular complexity index is 1090. The molecule has 0 radical (unpaired) electrons. The lowest BCUT2D eigenvalue weighted by Gasteiger charge is -2.36. The second kappa shape index (κ2) is 9.26. The van der Waals surface area contributed by atoms with Gasteiger partial charge in [-0.2, -0.15) is 0 Å². The van der Waals surface area contributed by atoms with E-state index in [4.69, 9.17) is 4.98 Å². The Labute approximate surface area is 194 Å². The van der Waals surface area contributed by atoms with Gasteiger partial charge in [-0.05, 0) is 45.6 Å². The SMILES string of the molecule is C=C(C)Cn1c(SCC(=O)N(CC)CC)nc2c(c1=O)C1(CCCC1)Cc1ccccc1-2. The van der Waals surface area contributed by atoms with Crippen LogP contribution in [0.1, 0.15) is 57.6 Å². The molecule has 0 aliphatic heterocycles. The number of carbonyl (C=O) groups is 1. The number of thioether (sulfide) groups is 1. The minimum Gasteiger partial charge on any atom is -0.343 e. The normalized spacial score (nSPS) is 16.0. The molecule has 2 aliphatic rings. The standard InChI is InChI=1S/C26H33N3O2S/c1-5-28(6-2)21(30)17-32-25-27-23-20-12-8-7-11-19(20)15-26(13-9-10-14-26)22(23)24(31)29(25)16-18(3)4/h7-8,11-12H,3,5-6,9-10,13-17H2,1-2,4H3. The van der Waals surface area contributed by atoms with Crippen molar-refractivity contribution in [2.45, 2.75) is 70.0 Å². The van der Waals surface area contributed by atoms with E-state index in [2.05, 4.69) is 24.8 Å². The van der Waals surface area contributed by atoms with Crippen molar-refractivity contribution in [1.82, 2.24) is 14.5 Å². The summed E-state index contributed by atoms with van der Waals surface area (Å²) in [5.74, 6) is 0.345. The molecule has 1 heterocycles. The molecule has 2 aliphatic carbocycles. The van der Waals surface area contributed by atoms with E-state index in [1.54, 1.807) is 4.57 Å². The molecule has 1 aromatic carbocycles. The van der Waals surface area contributed by atoms with Crippen LogP contribution in [-0.4, -0.2) is 39.2 Å². The molecule has 0 bridgehead atoms. The van der Waals surface area contributed by atoms with Gasteiger partial charge in [0.05, 0.1) is 17.0 Å². The molecule has 1 saturated carbocycles. The van der Waals surface area contributed by atoms with Crippen molar-refractivity contribution < 1.29 is 4.79 Å². The number of aromatic nitrogens is 2. The zero-order valence-corrected chi connectivity index (χ0v) is 20.3. The first kappa shape index (κ1) is 22.8. The van der Waals surface area contributed by atoms with Crippen molar-refractivity contribution in [2.24, 2.45) is 0 Å². The highest BCUT2D eigenvalue weighted by Gasteiger charge is 2.44. The Morgan fingerprint density at radius 3 is 2.56 bits per heavy atom. The highest BCUT2D eigenvalue weighted by Crippen LogP contribution is 2.49. The average molecular weight is 452 g/mol. The highest BCUT2D eigenvalue weighted by molar-refractivity contribution is 7.99. The lowest BCUT2D eigenvalue weighted by Crippen LogP contribution is -2.40. The zero-order chi connectivity index (χ0) is 22.9. The summed E-state index contributed by atoms with van der Waals surface area (Å²) in [4.78, 5) is 33.6. The van der Waals surface area contributed by atoms with Crippen molar-refractivity contribution in [3.05, 3.63) is 57.9 Å². The van der Waals surface area contributed by atoms with Crippen LogP contribution >= 0.6 is 11.8 Å². The maximum Gasteiger partial charge on any atom is 0.258 e. The largest absolute Gasteiger partial charge is 0.343 e. The smallest absolute Gasteiger partial charge is 0.258 e. The van der Waals surface area contributed by atoms with Crippen molar-refractivity contribution in [2.75, 3.05) is 18.8 Å². The van der Waals surface area contributed by atoms with E-state index in [1.807, 2.05) is 31.7 Å². The molecule has 170 valence electrons. The van der Waals surface area contributed by atoms with Gasteiger partial charge in [-0.15, -0.1) is 0 Å². The fourth-order valence-corrected chi connectivity index (χ4v) is 6.25. The third kappa shape index (κ3) is 4.05. The number of benzene rings is 1. The topological polar surface area (TPSA) is 55.2 Å². The van der Waals surface area contributed by atoms with E-state index in [0.29, 0.717) is 24.8 Å². The maximum absolute atomic E-state index is 14.0. The molecule has 1 fully saturated rings. The molecule has 1 spiro atoms. The predicted octanol–water partition coefficient (Wildman–Crippen LogP) is 4.81. The van der Waals surface area contributed by atoms with Gasteiger partial charge in [-0.25, -0.2) is 4.98 Å². The van der Waals surface area contributed by atoms with Crippen LogP contribution < -0.4 is 5.56 Å². The molecule has 0 N–H and O–H groups in total. The second-order valence-corrected chi connectivity index (χ2v) is 10.1. The Morgan fingerprint density at radius 1 is 1.22 bits per heavy atom. The number of hydrogen-bond acceptors (Lipinski definition) is 4. The van der Waals surface area contributed by atoms with E-state index in [1.165, 1.54) is 17.3 Å². The fourth-order valence-electron chi connectivity index (χ4n) is 5.36. The summed E-state index contributed by atoms with van der Waals surface area (Å²) in [5, 5.41) is 0.613. The first-order valence-corrected chi connectivity index (χ1v) is 12.7. The van der Waals surface area contributed by atoms with Crippen LogP contribution in [0.15, 0.2) is 46.4 Å². The lowest BCUT2D eigenvalue weighted by molar-refractivity contribution is -0.127. The van der Waals surface area contributed by atoms with Gasteiger partial charge >= 0.3 is 0 Å². The van der Waals surface area contributed by atoms with Gasteiger partial charge in [0.2, 0.25) is 5.91 Å². The van der Waals surface area contributed by atoms with Gasteiger partial charge in [0.25, 0.3) is 5.56 Å². The summed E-state index contributed by atoms with van der Waals surface area (Å²) >= 11 is 1.37. The fraction of sp³-hybridized carbons (Fsp3) is 0.500. The predicted molar refractivity (Wildman–Crippen MR) is 131 cm³/mol. The van der Waals surface area contributed by atoms with Crippen LogP contribution in [0.4, 0.5) is 0 Å². The molecular weight excluding hydrogens is 418 g/mol. The zero-order valence-electron chi connectivity index (χ0n) is 19.4. The molecule has 6 heteroatoms. The van der Waals surface area contributed by atoms with Crippen LogP contribution in [0.3, 0.4) is 0 Å². The van der Waals surface area contributed by atoms with E-state index in [9.17, 15) is 9.59 Å². The molecule has 0 saturated heterocycles. The summed E-state index contributed by atoms with van der Waals surface area (Å²) in [7, 11) is 0. The second-order valence-electron chi connectivity index (χ2n) is 9.14. The monoisotopic (exact) mass is 451 g/mol. The summed E-state index contributed by atoms with van der Waals surface area (Å²) < 4.78 is 1.76.